The Bertz CT molecular complexity index is 708. The van der Waals surface area contributed by atoms with Crippen LogP contribution in [-0.4, -0.2) is 70.6 Å². The summed E-state index contributed by atoms with van der Waals surface area (Å²) in [4.78, 5) is 14.3. The fourth-order valence-corrected chi connectivity index (χ4v) is 3.17. The van der Waals surface area contributed by atoms with Crippen LogP contribution in [-0.2, 0) is 14.8 Å². The summed E-state index contributed by atoms with van der Waals surface area (Å²) >= 11 is 6.04. The molecule has 142 valence electrons. The maximum absolute atomic E-state index is 12.3. The van der Waals surface area contributed by atoms with E-state index >= 15 is 0 Å². The van der Waals surface area contributed by atoms with Gasteiger partial charge in [0, 0.05) is 17.6 Å². The van der Waals surface area contributed by atoms with E-state index in [0.717, 1.165) is 18.4 Å². The van der Waals surface area contributed by atoms with Crippen molar-refractivity contribution in [1.29, 1.82) is 0 Å². The van der Waals surface area contributed by atoms with Gasteiger partial charge < -0.3 is 15.0 Å². The van der Waals surface area contributed by atoms with Gasteiger partial charge in [-0.15, -0.1) is 0 Å². The van der Waals surface area contributed by atoms with E-state index in [4.69, 9.17) is 16.3 Å². The molecular weight excluding hydrogens is 366 g/mol. The number of nitrogens with one attached hydrogen (secondary N) is 1. The molecule has 0 aliphatic rings. The van der Waals surface area contributed by atoms with Crippen LogP contribution in [0.3, 0.4) is 0 Å². The van der Waals surface area contributed by atoms with Crippen molar-refractivity contribution >= 4 is 33.2 Å². The van der Waals surface area contributed by atoms with Crippen LogP contribution in [0.4, 0.5) is 5.69 Å². The molecule has 25 heavy (non-hydrogen) atoms. The molecule has 0 radical (unpaired) electrons. The number of amides is 1. The fraction of sp³-hybridized carbons (Fsp3) is 0.562. The molecule has 1 N–H and O–H groups in total. The summed E-state index contributed by atoms with van der Waals surface area (Å²) in [6, 6.07) is 3.30. The quantitative estimate of drug-likeness (QED) is 0.694. The van der Waals surface area contributed by atoms with Crippen LogP contribution in [0, 0.1) is 6.92 Å². The fourth-order valence-electron chi connectivity index (χ4n) is 2.21. The summed E-state index contributed by atoms with van der Waals surface area (Å²) in [5.41, 5.74) is 1.24. The van der Waals surface area contributed by atoms with Gasteiger partial charge in [0.2, 0.25) is 15.9 Å². The van der Waals surface area contributed by atoms with Gasteiger partial charge in [0.1, 0.15) is 5.75 Å². The minimum Gasteiger partial charge on any atom is -0.495 e. The van der Waals surface area contributed by atoms with Gasteiger partial charge in [0.25, 0.3) is 0 Å². The maximum Gasteiger partial charge on any atom is 0.239 e. The smallest absolute Gasteiger partial charge is 0.239 e. The Kier molecular flexibility index (Phi) is 8.14. The zero-order valence-electron chi connectivity index (χ0n) is 15.3. The predicted molar refractivity (Wildman–Crippen MR) is 101 cm³/mol. The third-order valence-electron chi connectivity index (χ3n) is 3.56. The van der Waals surface area contributed by atoms with E-state index in [1.807, 2.05) is 25.9 Å². The molecule has 7 nitrogen and oxygen atoms in total. The van der Waals surface area contributed by atoms with Crippen molar-refractivity contribution in [2.75, 3.05) is 52.4 Å². The lowest BCUT2D eigenvalue weighted by molar-refractivity contribution is -0.116. The second-order valence-corrected chi connectivity index (χ2v) is 8.49. The van der Waals surface area contributed by atoms with E-state index < -0.39 is 15.9 Å². The molecule has 0 aliphatic carbocycles. The molecule has 0 saturated carbocycles. The number of ether oxygens (including phenoxy) is 1. The molecule has 0 fully saturated rings. The second-order valence-electron chi connectivity index (χ2n) is 6.10. The van der Waals surface area contributed by atoms with Crippen molar-refractivity contribution in [2.45, 2.75) is 13.3 Å². The number of hydrogen-bond donors (Lipinski definition) is 1. The first kappa shape index (κ1) is 21.7. The summed E-state index contributed by atoms with van der Waals surface area (Å²) in [5, 5.41) is 3.22. The van der Waals surface area contributed by atoms with Gasteiger partial charge in [0.05, 0.1) is 25.6 Å². The summed E-state index contributed by atoms with van der Waals surface area (Å²) in [6.07, 6.45) is 1.74. The van der Waals surface area contributed by atoms with Crippen LogP contribution < -0.4 is 10.1 Å². The van der Waals surface area contributed by atoms with Crippen molar-refractivity contribution in [3.63, 3.8) is 0 Å². The molecule has 0 atom stereocenters. The monoisotopic (exact) mass is 391 g/mol. The van der Waals surface area contributed by atoms with Crippen molar-refractivity contribution < 1.29 is 17.9 Å². The number of sulfonamides is 1. The summed E-state index contributed by atoms with van der Waals surface area (Å²) in [7, 11) is 1.81. The molecule has 0 aliphatic heterocycles. The van der Waals surface area contributed by atoms with Crippen LogP contribution in [0.5, 0.6) is 5.75 Å². The summed E-state index contributed by atoms with van der Waals surface area (Å²) < 4.78 is 30.2. The van der Waals surface area contributed by atoms with Gasteiger partial charge >= 0.3 is 0 Å². The second kappa shape index (κ2) is 9.38. The van der Waals surface area contributed by atoms with Crippen molar-refractivity contribution in [1.82, 2.24) is 9.21 Å². The molecule has 0 bridgehead atoms. The van der Waals surface area contributed by atoms with Gasteiger partial charge in [-0.1, -0.05) is 11.6 Å². The highest BCUT2D eigenvalue weighted by Crippen LogP contribution is 2.30. The number of benzene rings is 1. The number of hydrogen-bond acceptors (Lipinski definition) is 5. The predicted octanol–water partition coefficient (Wildman–Crippen LogP) is 1.81. The van der Waals surface area contributed by atoms with E-state index in [2.05, 4.69) is 5.32 Å². The van der Waals surface area contributed by atoms with Crippen LogP contribution in [0.15, 0.2) is 12.1 Å². The van der Waals surface area contributed by atoms with E-state index in [9.17, 15) is 13.2 Å². The molecule has 1 aromatic rings. The number of halogens is 1. The van der Waals surface area contributed by atoms with Gasteiger partial charge in [-0.05, 0) is 45.6 Å². The number of methoxy groups -OCH3 is 1. The lowest BCUT2D eigenvalue weighted by atomic mass is 10.2. The SMILES string of the molecule is COc1cc(Cl)c(C)cc1NC(=O)CN(CCCN(C)C)S(C)(=O)=O. The van der Waals surface area contributed by atoms with E-state index in [1.165, 1.54) is 11.4 Å². The first-order valence-corrected chi connectivity index (χ1v) is 10.0. The Morgan fingerprint density at radius 1 is 1.28 bits per heavy atom. The largest absolute Gasteiger partial charge is 0.495 e. The molecule has 0 spiro atoms. The number of anilines is 1. The van der Waals surface area contributed by atoms with Crippen molar-refractivity contribution in [2.24, 2.45) is 0 Å². The van der Waals surface area contributed by atoms with Crippen molar-refractivity contribution in [3.05, 3.63) is 22.7 Å². The third kappa shape index (κ3) is 7.19. The molecule has 9 heteroatoms. The molecule has 0 aromatic heterocycles. The highest BCUT2D eigenvalue weighted by molar-refractivity contribution is 7.88. The number of carbonyl (C=O) groups is 1. The standard InChI is InChI=1S/C16H26ClN3O4S/c1-12-9-14(15(24-4)10-13(12)17)18-16(21)11-20(25(5,22)23)8-6-7-19(2)3/h9-10H,6-8,11H2,1-5H3,(H,18,21). The molecule has 0 saturated heterocycles. The van der Waals surface area contributed by atoms with Crippen LogP contribution in [0.2, 0.25) is 5.02 Å². The van der Waals surface area contributed by atoms with E-state index in [0.29, 0.717) is 22.9 Å². The zero-order valence-corrected chi connectivity index (χ0v) is 16.9. The lowest BCUT2D eigenvalue weighted by Crippen LogP contribution is -2.38. The Labute approximate surface area is 154 Å². The molecule has 0 heterocycles. The van der Waals surface area contributed by atoms with Gasteiger partial charge in [-0.25, -0.2) is 8.42 Å². The summed E-state index contributed by atoms with van der Waals surface area (Å²) in [6.45, 7) is 2.57. The van der Waals surface area contributed by atoms with Crippen LogP contribution in [0.25, 0.3) is 0 Å². The first-order chi connectivity index (χ1) is 11.5. The zero-order chi connectivity index (χ0) is 19.2. The molecule has 0 unspecified atom stereocenters. The van der Waals surface area contributed by atoms with Crippen LogP contribution in [0.1, 0.15) is 12.0 Å². The third-order valence-corrected chi connectivity index (χ3v) is 5.21. The molecule has 1 aromatic carbocycles. The average Bonchev–Trinajstić information content (AvgIpc) is 2.48. The topological polar surface area (TPSA) is 79.0 Å². The first-order valence-electron chi connectivity index (χ1n) is 7.78. The molecule has 1 rings (SSSR count). The van der Waals surface area contributed by atoms with Gasteiger partial charge in [0.15, 0.2) is 0 Å². The maximum atomic E-state index is 12.3. The number of carbonyl (C=O) groups excluding carboxylic acids is 1. The van der Waals surface area contributed by atoms with Crippen molar-refractivity contribution in [3.8, 4) is 5.75 Å². The number of nitrogens with zero attached hydrogens (tertiary/aromatic N) is 2. The Hall–Kier alpha value is -1.35. The highest BCUT2D eigenvalue weighted by Gasteiger charge is 2.21. The normalized spacial score (nSPS) is 11.8. The minimum atomic E-state index is -3.48. The number of aryl methyl sites for hydroxylation is 1. The van der Waals surface area contributed by atoms with Gasteiger partial charge in [-0.3, -0.25) is 4.79 Å². The Balaban J connectivity index is 2.83. The Morgan fingerprint density at radius 2 is 1.92 bits per heavy atom. The Morgan fingerprint density at radius 3 is 2.44 bits per heavy atom. The average molecular weight is 392 g/mol. The van der Waals surface area contributed by atoms with E-state index in [-0.39, 0.29) is 13.1 Å². The lowest BCUT2D eigenvalue weighted by Gasteiger charge is -2.21. The summed E-state index contributed by atoms with van der Waals surface area (Å²) in [5.74, 6) is -0.0160. The van der Waals surface area contributed by atoms with Crippen LogP contribution >= 0.6 is 11.6 Å². The van der Waals surface area contributed by atoms with Gasteiger partial charge in [-0.2, -0.15) is 4.31 Å². The van der Waals surface area contributed by atoms with E-state index in [1.54, 1.807) is 12.1 Å². The minimum absolute atomic E-state index is 0.253. The number of rotatable bonds is 9. The molecular formula is C16H26ClN3O4S. The molecule has 1 amide bonds. The highest BCUT2D eigenvalue weighted by atomic mass is 35.5.